The van der Waals surface area contributed by atoms with Crippen molar-refractivity contribution in [1.82, 2.24) is 0 Å². The van der Waals surface area contributed by atoms with E-state index in [1.807, 2.05) is 7.05 Å². The quantitative estimate of drug-likeness (QED) is 0.488. The lowest BCUT2D eigenvalue weighted by molar-refractivity contribution is -0.384. The first kappa shape index (κ1) is 14.6. The van der Waals surface area contributed by atoms with Crippen LogP contribution in [0.2, 0.25) is 0 Å². The zero-order valence-electron chi connectivity index (χ0n) is 10.9. The molecule has 1 rings (SSSR count). The molecular weight excluding hydrogens is 250 g/mol. The van der Waals surface area contributed by atoms with Gasteiger partial charge in [-0.1, -0.05) is 6.92 Å². The van der Waals surface area contributed by atoms with Crippen LogP contribution in [0.5, 0.6) is 0 Å². The molecule has 0 bridgehead atoms. The molecule has 0 radical (unpaired) electrons. The molecule has 1 aromatic carbocycles. The van der Waals surface area contributed by atoms with E-state index in [9.17, 15) is 10.1 Å². The summed E-state index contributed by atoms with van der Waals surface area (Å²) in [6, 6.07) is 5.01. The van der Waals surface area contributed by atoms with E-state index in [4.69, 9.17) is 5.73 Å². The summed E-state index contributed by atoms with van der Waals surface area (Å²) in [4.78, 5) is 12.3. The van der Waals surface area contributed by atoms with Gasteiger partial charge in [-0.15, -0.1) is 0 Å². The minimum absolute atomic E-state index is 0.0302. The summed E-state index contributed by atoms with van der Waals surface area (Å²) in [5, 5.41) is 10.7. The van der Waals surface area contributed by atoms with Crippen LogP contribution in [-0.4, -0.2) is 30.0 Å². The van der Waals surface area contributed by atoms with E-state index >= 15 is 0 Å². The molecule has 0 amide bonds. The molecule has 1 aromatic rings. The van der Waals surface area contributed by atoms with Crippen LogP contribution in [0.3, 0.4) is 0 Å². The SMILES string of the molecule is CCC(CSC)N(C)c1ccc([N+](=O)[O-])cc1N. The van der Waals surface area contributed by atoms with Crippen molar-refractivity contribution in [1.29, 1.82) is 0 Å². The summed E-state index contributed by atoms with van der Waals surface area (Å²) in [5.74, 6) is 1.00. The average Bonchev–Trinajstić information content (AvgIpc) is 2.34. The van der Waals surface area contributed by atoms with Gasteiger partial charge in [-0.05, 0) is 18.7 Å². The fraction of sp³-hybridized carbons (Fsp3) is 0.500. The number of nitrogens with zero attached hydrogens (tertiary/aromatic N) is 2. The molecule has 0 aliphatic carbocycles. The van der Waals surface area contributed by atoms with Crippen LogP contribution in [0.15, 0.2) is 18.2 Å². The minimum atomic E-state index is -0.431. The zero-order valence-corrected chi connectivity index (χ0v) is 11.7. The Bertz CT molecular complexity index is 426. The molecular formula is C12H19N3O2S. The Morgan fingerprint density at radius 1 is 1.56 bits per heavy atom. The summed E-state index contributed by atoms with van der Waals surface area (Å²) in [6.07, 6.45) is 3.07. The molecule has 1 atom stereocenters. The molecule has 0 fully saturated rings. The maximum atomic E-state index is 10.7. The Balaban J connectivity index is 2.98. The number of nitrogens with two attached hydrogens (primary N) is 1. The van der Waals surface area contributed by atoms with E-state index in [0.717, 1.165) is 17.9 Å². The molecule has 6 heteroatoms. The first-order chi connectivity index (χ1) is 8.51. The highest BCUT2D eigenvalue weighted by Crippen LogP contribution is 2.29. The monoisotopic (exact) mass is 269 g/mol. The Kier molecular flexibility index (Phi) is 5.27. The van der Waals surface area contributed by atoms with Gasteiger partial charge >= 0.3 is 0 Å². The van der Waals surface area contributed by atoms with Gasteiger partial charge in [0, 0.05) is 31.0 Å². The van der Waals surface area contributed by atoms with Crippen molar-refractivity contribution in [3.8, 4) is 0 Å². The van der Waals surface area contributed by atoms with E-state index < -0.39 is 4.92 Å². The number of benzene rings is 1. The maximum Gasteiger partial charge on any atom is 0.271 e. The molecule has 18 heavy (non-hydrogen) atoms. The first-order valence-corrected chi connectivity index (χ1v) is 7.16. The largest absolute Gasteiger partial charge is 0.397 e. The molecule has 0 aliphatic rings. The number of rotatable bonds is 6. The summed E-state index contributed by atoms with van der Waals surface area (Å²) >= 11 is 1.78. The zero-order chi connectivity index (χ0) is 13.7. The molecule has 0 spiro atoms. The molecule has 5 nitrogen and oxygen atoms in total. The van der Waals surface area contributed by atoms with Crippen molar-refractivity contribution in [3.05, 3.63) is 28.3 Å². The van der Waals surface area contributed by atoms with Crippen LogP contribution < -0.4 is 10.6 Å². The summed E-state index contributed by atoms with van der Waals surface area (Å²) < 4.78 is 0. The van der Waals surface area contributed by atoms with E-state index in [1.54, 1.807) is 17.8 Å². The third-order valence-electron chi connectivity index (χ3n) is 2.98. The van der Waals surface area contributed by atoms with Crippen molar-refractivity contribution >= 4 is 28.8 Å². The van der Waals surface area contributed by atoms with E-state index in [2.05, 4.69) is 18.1 Å². The van der Waals surface area contributed by atoms with Crippen molar-refractivity contribution in [2.75, 3.05) is 29.7 Å². The van der Waals surface area contributed by atoms with Gasteiger partial charge in [-0.2, -0.15) is 11.8 Å². The van der Waals surface area contributed by atoms with Gasteiger partial charge in [0.2, 0.25) is 0 Å². The summed E-state index contributed by atoms with van der Waals surface area (Å²) in [7, 11) is 1.97. The van der Waals surface area contributed by atoms with Gasteiger partial charge in [0.15, 0.2) is 0 Å². The summed E-state index contributed by atoms with van der Waals surface area (Å²) in [5.41, 5.74) is 7.22. The predicted octanol–water partition coefficient (Wildman–Crippen LogP) is 2.75. The van der Waals surface area contributed by atoms with Crippen LogP contribution in [-0.2, 0) is 0 Å². The maximum absolute atomic E-state index is 10.7. The number of hydrogen-bond donors (Lipinski definition) is 1. The Morgan fingerprint density at radius 2 is 2.22 bits per heavy atom. The number of anilines is 2. The molecule has 1 unspecified atom stereocenters. The molecule has 0 aliphatic heterocycles. The second-order valence-electron chi connectivity index (χ2n) is 4.13. The number of nitro benzene ring substituents is 1. The Labute approximate surface area is 111 Å². The molecule has 0 heterocycles. The first-order valence-electron chi connectivity index (χ1n) is 5.77. The van der Waals surface area contributed by atoms with Crippen LogP contribution in [0.25, 0.3) is 0 Å². The summed E-state index contributed by atoms with van der Waals surface area (Å²) in [6.45, 7) is 2.12. The number of hydrogen-bond acceptors (Lipinski definition) is 5. The standard InChI is InChI=1S/C12H19N3O2S/c1-4-9(8-18-3)14(2)12-6-5-10(15(16)17)7-11(12)13/h5-7,9H,4,8,13H2,1-3H3. The highest BCUT2D eigenvalue weighted by atomic mass is 32.2. The Hall–Kier alpha value is -1.43. The lowest BCUT2D eigenvalue weighted by atomic mass is 10.1. The van der Waals surface area contributed by atoms with Gasteiger partial charge < -0.3 is 10.6 Å². The molecule has 100 valence electrons. The normalized spacial score (nSPS) is 12.2. The van der Waals surface area contributed by atoms with E-state index in [0.29, 0.717) is 11.7 Å². The van der Waals surface area contributed by atoms with Crippen LogP contribution in [0.4, 0.5) is 17.1 Å². The topological polar surface area (TPSA) is 72.4 Å². The second kappa shape index (κ2) is 6.49. The van der Waals surface area contributed by atoms with Gasteiger partial charge in [-0.3, -0.25) is 10.1 Å². The van der Waals surface area contributed by atoms with E-state index in [-0.39, 0.29) is 5.69 Å². The van der Waals surface area contributed by atoms with Gasteiger partial charge in [0.1, 0.15) is 0 Å². The third kappa shape index (κ3) is 3.29. The van der Waals surface area contributed by atoms with E-state index in [1.165, 1.54) is 12.1 Å². The fourth-order valence-electron chi connectivity index (χ4n) is 1.87. The molecule has 2 N–H and O–H groups in total. The third-order valence-corrected chi connectivity index (χ3v) is 3.70. The number of non-ortho nitro benzene ring substituents is 1. The highest BCUT2D eigenvalue weighted by Gasteiger charge is 2.17. The van der Waals surface area contributed by atoms with Crippen molar-refractivity contribution < 1.29 is 4.92 Å². The number of nitro groups is 1. The predicted molar refractivity (Wildman–Crippen MR) is 78.4 cm³/mol. The smallest absolute Gasteiger partial charge is 0.271 e. The molecule has 0 saturated heterocycles. The lowest BCUT2D eigenvalue weighted by Gasteiger charge is -2.29. The minimum Gasteiger partial charge on any atom is -0.397 e. The second-order valence-corrected chi connectivity index (χ2v) is 5.04. The van der Waals surface area contributed by atoms with Crippen molar-refractivity contribution in [2.24, 2.45) is 0 Å². The number of thioether (sulfide) groups is 1. The van der Waals surface area contributed by atoms with Crippen LogP contribution in [0, 0.1) is 10.1 Å². The fourth-order valence-corrected chi connectivity index (χ4v) is 2.71. The molecule has 0 aromatic heterocycles. The van der Waals surface area contributed by atoms with Gasteiger partial charge in [0.25, 0.3) is 5.69 Å². The van der Waals surface area contributed by atoms with Gasteiger partial charge in [0.05, 0.1) is 16.3 Å². The van der Waals surface area contributed by atoms with Crippen molar-refractivity contribution in [3.63, 3.8) is 0 Å². The van der Waals surface area contributed by atoms with Crippen LogP contribution in [0.1, 0.15) is 13.3 Å². The van der Waals surface area contributed by atoms with Gasteiger partial charge in [-0.25, -0.2) is 0 Å². The lowest BCUT2D eigenvalue weighted by Crippen LogP contribution is -2.33. The molecule has 0 saturated carbocycles. The Morgan fingerprint density at radius 3 is 2.67 bits per heavy atom. The van der Waals surface area contributed by atoms with Crippen LogP contribution >= 0.6 is 11.8 Å². The van der Waals surface area contributed by atoms with Crippen molar-refractivity contribution in [2.45, 2.75) is 19.4 Å². The highest BCUT2D eigenvalue weighted by molar-refractivity contribution is 7.98. The number of nitrogen functional groups attached to an aromatic ring is 1. The average molecular weight is 269 g/mol.